The summed E-state index contributed by atoms with van der Waals surface area (Å²) in [7, 11) is -0.482. The summed E-state index contributed by atoms with van der Waals surface area (Å²) in [5.74, 6) is 0. The van der Waals surface area contributed by atoms with Gasteiger partial charge in [-0.05, 0) is 32.6 Å². The maximum atomic E-state index is 2.45. The maximum absolute atomic E-state index is 2.45. The van der Waals surface area contributed by atoms with Gasteiger partial charge in [0.2, 0.25) is 0 Å². The van der Waals surface area contributed by atoms with Crippen LogP contribution >= 0.6 is 7.26 Å². The smallest absolute Gasteiger partial charge is 0.0366 e. The first-order valence-electron chi connectivity index (χ1n) is 6.36. The van der Waals surface area contributed by atoms with E-state index in [1.807, 2.05) is 0 Å². The highest BCUT2D eigenvalue weighted by atomic mass is 31.2. The highest BCUT2D eigenvalue weighted by Gasteiger charge is 2.05. The van der Waals surface area contributed by atoms with Gasteiger partial charge < -0.3 is 0 Å². The van der Waals surface area contributed by atoms with E-state index in [9.17, 15) is 0 Å². The highest BCUT2D eigenvalue weighted by molar-refractivity contribution is 7.73. The first-order chi connectivity index (χ1) is 6.56. The van der Waals surface area contributed by atoms with E-state index in [1.54, 1.807) is 0 Å². The molecule has 0 nitrogen and oxygen atoms in total. The van der Waals surface area contributed by atoms with Crippen molar-refractivity contribution in [3.8, 4) is 0 Å². The molecule has 0 N–H and O–H groups in total. The Morgan fingerprint density at radius 1 is 0.643 bits per heavy atom. The van der Waals surface area contributed by atoms with Crippen molar-refractivity contribution in [2.75, 3.05) is 26.2 Å². The molecule has 0 fully saturated rings. The number of unbranched alkanes of at least 4 members (excludes halogenated alkanes) is 7. The monoisotopic (exact) mass is 217 g/mol. The minimum absolute atomic E-state index is 0.482. The maximum Gasteiger partial charge on any atom is -0.0366 e. The Balaban J connectivity index is 2.99. The van der Waals surface area contributed by atoms with Gasteiger partial charge in [-0.25, -0.2) is 0 Å². The fourth-order valence-electron chi connectivity index (χ4n) is 1.72. The number of hydrogen-bond donors (Lipinski definition) is 0. The Morgan fingerprint density at radius 2 is 1.07 bits per heavy atom. The van der Waals surface area contributed by atoms with E-state index in [0.717, 1.165) is 0 Å². The molecule has 0 unspecified atom stereocenters. The van der Waals surface area contributed by atoms with Crippen LogP contribution in [-0.2, 0) is 0 Å². The van der Waals surface area contributed by atoms with Gasteiger partial charge in [0.1, 0.15) is 0 Å². The molecule has 1 radical (unpaired) electrons. The van der Waals surface area contributed by atoms with Gasteiger partial charge in [-0.2, -0.15) is 0 Å². The first kappa shape index (κ1) is 14.4. The lowest BCUT2D eigenvalue weighted by atomic mass is 10.1. The first-order valence-corrected chi connectivity index (χ1v) is 9.68. The molecule has 0 aliphatic rings. The molecule has 0 aromatic carbocycles. The Kier molecular flexibility index (Phi) is 8.98. The molecule has 0 saturated carbocycles. The van der Waals surface area contributed by atoms with Gasteiger partial charge in [0.05, 0.1) is 0 Å². The van der Waals surface area contributed by atoms with Crippen LogP contribution in [0.1, 0.15) is 58.3 Å². The van der Waals surface area contributed by atoms with E-state index in [1.165, 1.54) is 57.5 Å². The average Bonchev–Trinajstić information content (AvgIpc) is 2.08. The van der Waals surface area contributed by atoms with Gasteiger partial charge in [0, 0.05) is 0 Å². The third-order valence-electron chi connectivity index (χ3n) is 2.68. The summed E-state index contributed by atoms with van der Waals surface area (Å²) in [6.45, 7) is 9.64. The van der Waals surface area contributed by atoms with E-state index in [2.05, 4.69) is 26.9 Å². The zero-order valence-electron chi connectivity index (χ0n) is 10.8. The van der Waals surface area contributed by atoms with Crippen molar-refractivity contribution < 1.29 is 0 Å². The van der Waals surface area contributed by atoms with Crippen LogP contribution in [0.3, 0.4) is 0 Å². The zero-order valence-corrected chi connectivity index (χ0v) is 11.7. The van der Waals surface area contributed by atoms with Crippen molar-refractivity contribution in [3.63, 3.8) is 0 Å². The van der Waals surface area contributed by atoms with Crippen molar-refractivity contribution in [1.29, 1.82) is 0 Å². The van der Waals surface area contributed by atoms with Gasteiger partial charge in [-0.3, -0.25) is 0 Å². The Hall–Kier alpha value is 0.430. The molecule has 1 heteroatoms. The van der Waals surface area contributed by atoms with Crippen LogP contribution in [0.2, 0.25) is 0 Å². The fourth-order valence-corrected chi connectivity index (χ4v) is 2.89. The van der Waals surface area contributed by atoms with E-state index in [0.29, 0.717) is 0 Å². The second-order valence-electron chi connectivity index (χ2n) is 5.49. The molecule has 0 aliphatic carbocycles. The van der Waals surface area contributed by atoms with Gasteiger partial charge in [0.15, 0.2) is 0 Å². The van der Waals surface area contributed by atoms with Crippen molar-refractivity contribution in [3.05, 3.63) is 0 Å². The molecule has 0 aromatic heterocycles. The zero-order chi connectivity index (χ0) is 10.9. The Labute approximate surface area is 92.2 Å². The minimum atomic E-state index is -0.482. The summed E-state index contributed by atoms with van der Waals surface area (Å²) in [5, 5.41) is 0. The van der Waals surface area contributed by atoms with Gasteiger partial charge in [-0.1, -0.05) is 51.9 Å². The lowest BCUT2D eigenvalue weighted by molar-refractivity contribution is 0.586. The lowest BCUT2D eigenvalue weighted by Gasteiger charge is -2.20. The molecule has 0 aromatic rings. The van der Waals surface area contributed by atoms with Crippen molar-refractivity contribution in [2.24, 2.45) is 0 Å². The van der Waals surface area contributed by atoms with Crippen molar-refractivity contribution >= 4 is 7.26 Å². The van der Waals surface area contributed by atoms with E-state index < -0.39 is 7.26 Å². The Bertz CT molecular complexity index is 113. The second kappa shape index (κ2) is 8.72. The van der Waals surface area contributed by atoms with Crippen LogP contribution in [0.5, 0.6) is 0 Å². The number of rotatable bonds is 9. The molecule has 0 aliphatic heterocycles. The van der Waals surface area contributed by atoms with Crippen LogP contribution < -0.4 is 0 Å². The normalized spacial score (nSPS) is 12.0. The summed E-state index contributed by atoms with van der Waals surface area (Å²) >= 11 is 0. The topological polar surface area (TPSA) is 0 Å². The number of hydrogen-bond acceptors (Lipinski definition) is 0. The summed E-state index contributed by atoms with van der Waals surface area (Å²) in [6, 6.07) is 0. The third kappa shape index (κ3) is 12.4. The molecule has 0 spiro atoms. The van der Waals surface area contributed by atoms with E-state index >= 15 is 0 Å². The molecule has 0 saturated heterocycles. The van der Waals surface area contributed by atoms with Crippen LogP contribution in [0.15, 0.2) is 0 Å². The highest BCUT2D eigenvalue weighted by Crippen LogP contribution is 2.47. The molecule has 14 heavy (non-hydrogen) atoms. The summed E-state index contributed by atoms with van der Waals surface area (Å²) in [4.78, 5) is 0. The van der Waals surface area contributed by atoms with E-state index in [4.69, 9.17) is 0 Å². The molecule has 0 rings (SSSR count). The molecular formula is C13H30P. The third-order valence-corrected chi connectivity index (χ3v) is 4.34. The molecule has 0 amide bonds. The second-order valence-corrected chi connectivity index (χ2v) is 10.5. The predicted molar refractivity (Wildman–Crippen MR) is 72.2 cm³/mol. The molecule has 0 bridgehead atoms. The van der Waals surface area contributed by atoms with E-state index in [-0.39, 0.29) is 0 Å². The van der Waals surface area contributed by atoms with Crippen LogP contribution in [0, 0.1) is 0 Å². The average molecular weight is 217 g/mol. The molecular weight excluding hydrogens is 187 g/mol. The fraction of sp³-hybridized carbons (Fsp3) is 1.00. The van der Waals surface area contributed by atoms with Gasteiger partial charge >= 0.3 is 0 Å². The van der Waals surface area contributed by atoms with Crippen LogP contribution in [0.25, 0.3) is 0 Å². The van der Waals surface area contributed by atoms with Gasteiger partial charge in [-0.15, -0.1) is 7.26 Å². The summed E-state index contributed by atoms with van der Waals surface area (Å²) in [6.07, 6.45) is 13.1. The lowest BCUT2D eigenvalue weighted by Crippen LogP contribution is -1.92. The largest absolute Gasteiger partial charge is 0.134 e. The minimum Gasteiger partial charge on any atom is -0.134 e. The standard InChI is InChI=1S/C13H30P/c1-5-6-7-8-9-10-11-12-13-14(2,3)4/h5-13H2,1-4H3. The van der Waals surface area contributed by atoms with Crippen molar-refractivity contribution in [1.82, 2.24) is 0 Å². The predicted octanol–water partition coefficient (Wildman–Crippen LogP) is 5.03. The molecule has 0 heterocycles. The Morgan fingerprint density at radius 3 is 1.50 bits per heavy atom. The van der Waals surface area contributed by atoms with Gasteiger partial charge in [0.25, 0.3) is 0 Å². The summed E-state index contributed by atoms with van der Waals surface area (Å²) < 4.78 is 0. The quantitative estimate of drug-likeness (QED) is 0.375. The van der Waals surface area contributed by atoms with Crippen molar-refractivity contribution in [2.45, 2.75) is 58.3 Å². The van der Waals surface area contributed by atoms with Crippen LogP contribution in [0.4, 0.5) is 0 Å². The molecule has 87 valence electrons. The summed E-state index contributed by atoms with van der Waals surface area (Å²) in [5.41, 5.74) is 0. The molecule has 0 atom stereocenters. The SMILES string of the molecule is CCCCCCCCCC[P](C)(C)C. The van der Waals surface area contributed by atoms with Crippen LogP contribution in [-0.4, -0.2) is 26.2 Å².